The van der Waals surface area contributed by atoms with Crippen molar-refractivity contribution < 1.29 is 33.7 Å². The van der Waals surface area contributed by atoms with E-state index in [0.717, 1.165) is 19.3 Å². The van der Waals surface area contributed by atoms with Crippen molar-refractivity contribution in [3.63, 3.8) is 0 Å². The zero-order valence-corrected chi connectivity index (χ0v) is 18.4. The molecular weight excluding hydrogens is 388 g/mol. The maximum absolute atomic E-state index is 12.8. The van der Waals surface area contributed by atoms with Crippen molar-refractivity contribution in [2.24, 2.45) is 11.3 Å². The first-order valence-corrected chi connectivity index (χ1v) is 10.8. The summed E-state index contributed by atoms with van der Waals surface area (Å²) in [6, 6.07) is 0. The van der Waals surface area contributed by atoms with Crippen LogP contribution in [0.4, 0.5) is 0 Å². The Bertz CT molecular complexity index is 611. The van der Waals surface area contributed by atoms with E-state index < -0.39 is 23.5 Å². The van der Waals surface area contributed by atoms with Gasteiger partial charge in [0.2, 0.25) is 0 Å². The minimum atomic E-state index is -1.28. The van der Waals surface area contributed by atoms with E-state index in [1.807, 2.05) is 0 Å². The number of esters is 2. The van der Waals surface area contributed by atoms with E-state index in [1.54, 1.807) is 31.2 Å². The minimum Gasteiger partial charge on any atom is -0.467 e. The van der Waals surface area contributed by atoms with Crippen molar-refractivity contribution in [2.75, 3.05) is 26.9 Å². The standard InChI is InChI=1S/C23H36O7/c1-4-6-7-10-19(24)13-11-18-12-14-20(25)23(18,22(27)30-5-2)15-8-9-16-29-17-21(26)28-3/h8-9,11,13,18-19,24H,4-7,10,12,14-17H2,1-3H3/b9-8+,13-11?/t18-,19?,23+/m0/s1. The Morgan fingerprint density at radius 2 is 2.03 bits per heavy atom. The molecule has 0 aliphatic heterocycles. The van der Waals surface area contributed by atoms with Gasteiger partial charge < -0.3 is 19.3 Å². The molecule has 1 aliphatic carbocycles. The Kier molecular flexibility index (Phi) is 12.2. The predicted molar refractivity (Wildman–Crippen MR) is 113 cm³/mol. The largest absolute Gasteiger partial charge is 0.467 e. The topological polar surface area (TPSA) is 99.1 Å². The molecule has 30 heavy (non-hydrogen) atoms. The number of aliphatic hydroxyl groups is 1. The fourth-order valence-electron chi connectivity index (χ4n) is 3.67. The molecule has 0 aromatic carbocycles. The molecule has 7 heteroatoms. The van der Waals surface area contributed by atoms with Gasteiger partial charge >= 0.3 is 11.9 Å². The molecule has 0 radical (unpaired) electrons. The van der Waals surface area contributed by atoms with Crippen molar-refractivity contribution >= 4 is 17.7 Å². The molecule has 1 aliphatic rings. The summed E-state index contributed by atoms with van der Waals surface area (Å²) >= 11 is 0. The van der Waals surface area contributed by atoms with Gasteiger partial charge in [-0.1, -0.05) is 50.5 Å². The van der Waals surface area contributed by atoms with Crippen molar-refractivity contribution in [1.82, 2.24) is 0 Å². The highest BCUT2D eigenvalue weighted by Crippen LogP contribution is 2.45. The zero-order valence-electron chi connectivity index (χ0n) is 18.4. The first kappa shape index (κ1) is 26.0. The van der Waals surface area contributed by atoms with Crippen LogP contribution in [0, 0.1) is 11.3 Å². The van der Waals surface area contributed by atoms with Crippen molar-refractivity contribution in [2.45, 2.75) is 64.9 Å². The number of carbonyl (C=O) groups excluding carboxylic acids is 3. The number of methoxy groups -OCH3 is 1. The molecule has 0 aromatic heterocycles. The molecule has 0 amide bonds. The van der Waals surface area contributed by atoms with Crippen LogP contribution in [0.2, 0.25) is 0 Å². The highest BCUT2D eigenvalue weighted by atomic mass is 16.6. The van der Waals surface area contributed by atoms with Gasteiger partial charge in [-0.25, -0.2) is 4.79 Å². The number of rotatable bonds is 14. The van der Waals surface area contributed by atoms with E-state index in [-0.39, 0.29) is 37.9 Å². The van der Waals surface area contributed by atoms with Gasteiger partial charge in [-0.3, -0.25) is 9.59 Å². The van der Waals surface area contributed by atoms with E-state index in [9.17, 15) is 19.5 Å². The van der Waals surface area contributed by atoms with Crippen LogP contribution in [0.5, 0.6) is 0 Å². The molecule has 1 fully saturated rings. The minimum absolute atomic E-state index is 0.142. The van der Waals surface area contributed by atoms with Crippen LogP contribution in [0.1, 0.15) is 58.8 Å². The molecule has 170 valence electrons. The van der Waals surface area contributed by atoms with Gasteiger partial charge in [-0.2, -0.15) is 0 Å². The molecule has 7 nitrogen and oxygen atoms in total. The van der Waals surface area contributed by atoms with Crippen LogP contribution in [0.15, 0.2) is 24.3 Å². The molecule has 0 bridgehead atoms. The summed E-state index contributed by atoms with van der Waals surface area (Å²) in [6.07, 6.45) is 11.1. The van der Waals surface area contributed by atoms with Crippen molar-refractivity contribution in [3.05, 3.63) is 24.3 Å². The summed E-state index contributed by atoms with van der Waals surface area (Å²) in [5.74, 6) is -1.47. The summed E-state index contributed by atoms with van der Waals surface area (Å²) < 4.78 is 14.9. The molecule has 0 heterocycles. The zero-order chi connectivity index (χ0) is 22.4. The fourth-order valence-corrected chi connectivity index (χ4v) is 3.67. The Labute approximate surface area is 179 Å². The van der Waals surface area contributed by atoms with Crippen LogP contribution in [-0.2, 0) is 28.6 Å². The lowest BCUT2D eigenvalue weighted by atomic mass is 9.74. The molecule has 1 saturated carbocycles. The number of hydrogen-bond acceptors (Lipinski definition) is 7. The van der Waals surface area contributed by atoms with E-state index in [2.05, 4.69) is 11.7 Å². The van der Waals surface area contributed by atoms with E-state index in [1.165, 1.54) is 7.11 Å². The molecule has 0 aromatic rings. The third-order valence-electron chi connectivity index (χ3n) is 5.39. The Balaban J connectivity index is 2.85. The van der Waals surface area contributed by atoms with Gasteiger partial charge in [0.1, 0.15) is 12.0 Å². The molecule has 1 rings (SSSR count). The molecule has 1 N–H and O–H groups in total. The number of ketones is 1. The molecule has 1 unspecified atom stereocenters. The number of Topliss-reactive ketones (excluding diaryl/α,β-unsaturated/α-hetero) is 1. The van der Waals surface area contributed by atoms with E-state index >= 15 is 0 Å². The third-order valence-corrected chi connectivity index (χ3v) is 5.39. The van der Waals surface area contributed by atoms with E-state index in [4.69, 9.17) is 9.47 Å². The smallest absolute Gasteiger partial charge is 0.331 e. The lowest BCUT2D eigenvalue weighted by Gasteiger charge is -2.29. The van der Waals surface area contributed by atoms with Crippen LogP contribution < -0.4 is 0 Å². The van der Waals surface area contributed by atoms with Gasteiger partial charge in [0.15, 0.2) is 5.78 Å². The van der Waals surface area contributed by atoms with Crippen LogP contribution in [0.3, 0.4) is 0 Å². The lowest BCUT2D eigenvalue weighted by molar-refractivity contribution is -0.160. The summed E-state index contributed by atoms with van der Waals surface area (Å²) in [6.45, 7) is 4.01. The Morgan fingerprint density at radius 1 is 1.27 bits per heavy atom. The highest BCUT2D eigenvalue weighted by Gasteiger charge is 2.54. The summed E-state index contributed by atoms with van der Waals surface area (Å²) in [5.41, 5.74) is -1.28. The monoisotopic (exact) mass is 424 g/mol. The van der Waals surface area contributed by atoms with Gasteiger partial charge in [-0.05, 0) is 26.2 Å². The Morgan fingerprint density at radius 3 is 2.70 bits per heavy atom. The van der Waals surface area contributed by atoms with Crippen LogP contribution >= 0.6 is 0 Å². The number of carbonyl (C=O) groups is 3. The quantitative estimate of drug-likeness (QED) is 0.198. The molecule has 3 atom stereocenters. The van der Waals surface area contributed by atoms with Gasteiger partial charge in [-0.15, -0.1) is 0 Å². The number of ether oxygens (including phenoxy) is 3. The first-order chi connectivity index (χ1) is 14.4. The lowest BCUT2D eigenvalue weighted by Crippen LogP contribution is -2.41. The average molecular weight is 425 g/mol. The number of aliphatic hydroxyl groups excluding tert-OH is 1. The van der Waals surface area contributed by atoms with Crippen molar-refractivity contribution in [3.8, 4) is 0 Å². The first-order valence-electron chi connectivity index (χ1n) is 10.8. The summed E-state index contributed by atoms with van der Waals surface area (Å²) in [4.78, 5) is 36.7. The normalized spacial score (nSPS) is 22.7. The average Bonchev–Trinajstić information content (AvgIpc) is 3.05. The number of allylic oxidation sites excluding steroid dienone is 2. The van der Waals surface area contributed by atoms with Crippen LogP contribution in [-0.4, -0.2) is 55.9 Å². The second-order valence-corrected chi connectivity index (χ2v) is 7.47. The molecular formula is C23H36O7. The van der Waals surface area contributed by atoms with E-state index in [0.29, 0.717) is 19.3 Å². The second kappa shape index (κ2) is 14.1. The fraction of sp³-hybridized carbons (Fsp3) is 0.696. The summed E-state index contributed by atoms with van der Waals surface area (Å²) in [5, 5.41) is 10.2. The maximum Gasteiger partial charge on any atom is 0.331 e. The maximum atomic E-state index is 12.8. The highest BCUT2D eigenvalue weighted by molar-refractivity contribution is 6.06. The predicted octanol–water partition coefficient (Wildman–Crippen LogP) is 3.15. The van der Waals surface area contributed by atoms with Gasteiger partial charge in [0, 0.05) is 12.3 Å². The number of unbranched alkanes of at least 4 members (excludes halogenated alkanes) is 2. The molecule has 0 saturated heterocycles. The summed E-state index contributed by atoms with van der Waals surface area (Å²) in [7, 11) is 1.28. The number of hydrogen-bond donors (Lipinski definition) is 1. The van der Waals surface area contributed by atoms with Gasteiger partial charge in [0.05, 0.1) is 26.4 Å². The second-order valence-electron chi connectivity index (χ2n) is 7.47. The van der Waals surface area contributed by atoms with Crippen molar-refractivity contribution in [1.29, 1.82) is 0 Å². The van der Waals surface area contributed by atoms with Crippen LogP contribution in [0.25, 0.3) is 0 Å². The SMILES string of the molecule is CCCCCC(O)C=C[C@H]1CCC(=O)[C@]1(C/C=C/COCC(=O)OC)C(=O)OCC. The van der Waals surface area contributed by atoms with Gasteiger partial charge in [0.25, 0.3) is 0 Å². The third kappa shape index (κ3) is 7.69. The Hall–Kier alpha value is -1.99. The molecule has 0 spiro atoms.